The highest BCUT2D eigenvalue weighted by atomic mass is 15.2. The van der Waals surface area contributed by atoms with Crippen molar-refractivity contribution in [1.82, 2.24) is 10.2 Å². The number of hydrogen-bond acceptors (Lipinski definition) is 2. The van der Waals surface area contributed by atoms with Crippen molar-refractivity contribution in [3.8, 4) is 0 Å². The van der Waals surface area contributed by atoms with Gasteiger partial charge in [-0.1, -0.05) is 6.92 Å². The highest BCUT2D eigenvalue weighted by Gasteiger charge is 2.46. The number of hydrogen-bond donors (Lipinski definition) is 1. The van der Waals surface area contributed by atoms with Crippen molar-refractivity contribution in [2.45, 2.75) is 51.5 Å². The molecule has 2 unspecified atom stereocenters. The van der Waals surface area contributed by atoms with E-state index in [1.165, 1.54) is 64.7 Å². The monoisotopic (exact) mass is 248 g/mol. The van der Waals surface area contributed by atoms with Crippen LogP contribution in [0.25, 0.3) is 0 Å². The standard InChI is InChI=1S/C16H28N2/c1-12-8-16(9-12)2-4-18(5-3-16)15-6-13-10-17-11-14(13)7-15/h12-15,17H,2-11H2,1H3. The highest BCUT2D eigenvalue weighted by molar-refractivity contribution is 4.99. The third kappa shape index (κ3) is 1.84. The predicted octanol–water partition coefficient (Wildman–Crippen LogP) is 2.50. The molecule has 0 bridgehead atoms. The van der Waals surface area contributed by atoms with Gasteiger partial charge in [0.2, 0.25) is 0 Å². The van der Waals surface area contributed by atoms with Crippen LogP contribution < -0.4 is 5.32 Å². The lowest BCUT2D eigenvalue weighted by Crippen LogP contribution is -2.49. The lowest BCUT2D eigenvalue weighted by Gasteiger charge is -2.52. The Bertz CT molecular complexity index is 299. The summed E-state index contributed by atoms with van der Waals surface area (Å²) in [6.07, 6.45) is 9.03. The first kappa shape index (κ1) is 11.7. The van der Waals surface area contributed by atoms with Crippen molar-refractivity contribution in [1.29, 1.82) is 0 Å². The third-order valence-corrected chi connectivity index (χ3v) is 6.57. The molecule has 2 heterocycles. The Morgan fingerprint density at radius 1 is 1.00 bits per heavy atom. The zero-order chi connectivity index (χ0) is 12.2. The molecule has 2 atom stereocenters. The van der Waals surface area contributed by atoms with E-state index in [1.807, 2.05) is 0 Å². The van der Waals surface area contributed by atoms with Gasteiger partial charge in [0.25, 0.3) is 0 Å². The minimum atomic E-state index is 0.798. The Balaban J connectivity index is 1.32. The smallest absolute Gasteiger partial charge is 0.0102 e. The molecule has 4 aliphatic rings. The molecule has 0 aromatic rings. The average molecular weight is 248 g/mol. The third-order valence-electron chi connectivity index (χ3n) is 6.57. The van der Waals surface area contributed by atoms with Gasteiger partial charge in [-0.05, 0) is 87.9 Å². The Morgan fingerprint density at radius 3 is 2.17 bits per heavy atom. The zero-order valence-corrected chi connectivity index (χ0v) is 11.8. The number of nitrogens with one attached hydrogen (secondary N) is 1. The Kier molecular flexibility index (Phi) is 2.74. The number of likely N-dealkylation sites (tertiary alicyclic amines) is 1. The van der Waals surface area contributed by atoms with E-state index in [4.69, 9.17) is 0 Å². The minimum Gasteiger partial charge on any atom is -0.316 e. The summed E-state index contributed by atoms with van der Waals surface area (Å²) in [6, 6.07) is 0.942. The summed E-state index contributed by atoms with van der Waals surface area (Å²) in [7, 11) is 0. The molecule has 2 saturated carbocycles. The molecular formula is C16H28N2. The van der Waals surface area contributed by atoms with Gasteiger partial charge in [0, 0.05) is 6.04 Å². The first-order chi connectivity index (χ1) is 8.74. The molecule has 0 aromatic carbocycles. The van der Waals surface area contributed by atoms with E-state index < -0.39 is 0 Å². The van der Waals surface area contributed by atoms with Crippen LogP contribution in [-0.4, -0.2) is 37.1 Å². The summed E-state index contributed by atoms with van der Waals surface area (Å²) >= 11 is 0. The molecule has 2 aliphatic heterocycles. The summed E-state index contributed by atoms with van der Waals surface area (Å²) in [4.78, 5) is 2.85. The van der Waals surface area contributed by atoms with Gasteiger partial charge in [0.05, 0.1) is 0 Å². The zero-order valence-electron chi connectivity index (χ0n) is 11.8. The van der Waals surface area contributed by atoms with Crippen LogP contribution in [-0.2, 0) is 0 Å². The normalized spacial score (nSPS) is 44.2. The van der Waals surface area contributed by atoms with Crippen molar-refractivity contribution in [3.63, 3.8) is 0 Å². The molecule has 2 heteroatoms. The number of rotatable bonds is 1. The largest absolute Gasteiger partial charge is 0.316 e. The van der Waals surface area contributed by atoms with E-state index in [2.05, 4.69) is 17.1 Å². The van der Waals surface area contributed by atoms with Crippen molar-refractivity contribution >= 4 is 0 Å². The Morgan fingerprint density at radius 2 is 1.61 bits per heavy atom. The molecule has 2 nitrogen and oxygen atoms in total. The maximum atomic E-state index is 3.57. The first-order valence-corrected chi connectivity index (χ1v) is 8.19. The van der Waals surface area contributed by atoms with Crippen molar-refractivity contribution in [2.24, 2.45) is 23.2 Å². The van der Waals surface area contributed by atoms with E-state index in [1.54, 1.807) is 0 Å². The number of piperidine rings is 1. The Hall–Kier alpha value is -0.0800. The van der Waals surface area contributed by atoms with Gasteiger partial charge >= 0.3 is 0 Å². The second-order valence-corrected chi connectivity index (χ2v) is 7.85. The molecule has 102 valence electrons. The molecular weight excluding hydrogens is 220 g/mol. The van der Waals surface area contributed by atoms with Gasteiger partial charge in [0.15, 0.2) is 0 Å². The van der Waals surface area contributed by atoms with Gasteiger partial charge in [-0.25, -0.2) is 0 Å². The van der Waals surface area contributed by atoms with Crippen LogP contribution in [0.4, 0.5) is 0 Å². The van der Waals surface area contributed by atoms with Gasteiger partial charge in [-0.15, -0.1) is 0 Å². The summed E-state index contributed by atoms with van der Waals surface area (Å²) in [5.74, 6) is 3.04. The van der Waals surface area contributed by atoms with Crippen molar-refractivity contribution in [3.05, 3.63) is 0 Å². The van der Waals surface area contributed by atoms with E-state index in [0.717, 1.165) is 29.2 Å². The Labute approximate surface area is 111 Å². The highest BCUT2D eigenvalue weighted by Crippen LogP contribution is 2.53. The van der Waals surface area contributed by atoms with Crippen LogP contribution in [0.3, 0.4) is 0 Å². The molecule has 1 N–H and O–H groups in total. The quantitative estimate of drug-likeness (QED) is 0.767. The van der Waals surface area contributed by atoms with Gasteiger partial charge < -0.3 is 10.2 Å². The van der Waals surface area contributed by atoms with Crippen molar-refractivity contribution < 1.29 is 0 Å². The van der Waals surface area contributed by atoms with Crippen LogP contribution in [0.2, 0.25) is 0 Å². The molecule has 1 spiro atoms. The van der Waals surface area contributed by atoms with Gasteiger partial charge in [-0.2, -0.15) is 0 Å². The molecule has 2 aliphatic carbocycles. The number of fused-ring (bicyclic) bond motifs is 1. The maximum Gasteiger partial charge on any atom is 0.0102 e. The molecule has 4 fully saturated rings. The minimum absolute atomic E-state index is 0.798. The molecule has 4 rings (SSSR count). The summed E-state index contributed by atoms with van der Waals surface area (Å²) in [5.41, 5.74) is 0.798. The fraction of sp³-hybridized carbons (Fsp3) is 1.00. The average Bonchev–Trinajstić information content (AvgIpc) is 2.88. The van der Waals surface area contributed by atoms with E-state index in [0.29, 0.717) is 0 Å². The second-order valence-electron chi connectivity index (χ2n) is 7.85. The molecule has 0 amide bonds. The summed E-state index contributed by atoms with van der Waals surface area (Å²) < 4.78 is 0. The lowest BCUT2D eigenvalue weighted by atomic mass is 9.58. The fourth-order valence-corrected chi connectivity index (χ4v) is 5.62. The molecule has 0 radical (unpaired) electrons. The fourth-order valence-electron chi connectivity index (χ4n) is 5.62. The van der Waals surface area contributed by atoms with Crippen molar-refractivity contribution in [2.75, 3.05) is 26.2 Å². The summed E-state index contributed by atoms with van der Waals surface area (Å²) in [5, 5.41) is 3.57. The van der Waals surface area contributed by atoms with Crippen LogP contribution >= 0.6 is 0 Å². The van der Waals surface area contributed by atoms with E-state index in [9.17, 15) is 0 Å². The number of nitrogens with zero attached hydrogens (tertiary/aromatic N) is 1. The summed E-state index contributed by atoms with van der Waals surface area (Å²) in [6.45, 7) is 7.85. The topological polar surface area (TPSA) is 15.3 Å². The van der Waals surface area contributed by atoms with Gasteiger partial charge in [-0.3, -0.25) is 0 Å². The lowest BCUT2D eigenvalue weighted by molar-refractivity contribution is -0.0178. The van der Waals surface area contributed by atoms with Crippen LogP contribution in [0.5, 0.6) is 0 Å². The van der Waals surface area contributed by atoms with Gasteiger partial charge in [0.1, 0.15) is 0 Å². The van der Waals surface area contributed by atoms with Crippen LogP contribution in [0.1, 0.15) is 45.4 Å². The molecule has 2 saturated heterocycles. The van der Waals surface area contributed by atoms with Crippen LogP contribution in [0.15, 0.2) is 0 Å². The maximum absolute atomic E-state index is 3.57. The molecule has 18 heavy (non-hydrogen) atoms. The van der Waals surface area contributed by atoms with E-state index >= 15 is 0 Å². The SMILES string of the molecule is CC1CC2(CCN(C3CC4CNCC4C3)CC2)C1. The second kappa shape index (κ2) is 4.21. The van der Waals surface area contributed by atoms with Crippen LogP contribution in [0, 0.1) is 23.2 Å². The predicted molar refractivity (Wildman–Crippen MR) is 74.5 cm³/mol. The first-order valence-electron chi connectivity index (χ1n) is 8.19. The van der Waals surface area contributed by atoms with E-state index in [-0.39, 0.29) is 0 Å². The molecule has 0 aromatic heterocycles.